The number of rotatable bonds is 2. The van der Waals surface area contributed by atoms with E-state index in [0.29, 0.717) is 12.1 Å². The smallest absolute Gasteiger partial charge is 0.150 e. The Morgan fingerprint density at radius 1 is 1.31 bits per heavy atom. The van der Waals surface area contributed by atoms with Gasteiger partial charge >= 0.3 is 0 Å². The van der Waals surface area contributed by atoms with Crippen LogP contribution in [0.2, 0.25) is 0 Å². The average molecular weight is 241 g/mol. The van der Waals surface area contributed by atoms with E-state index in [9.17, 15) is 13.5 Å². The minimum atomic E-state index is -2.94. The summed E-state index contributed by atoms with van der Waals surface area (Å²) in [4.78, 5) is 0. The number of aliphatic hydroxyl groups excluding tert-OH is 1. The monoisotopic (exact) mass is 241 g/mol. The summed E-state index contributed by atoms with van der Waals surface area (Å²) < 4.78 is 22.6. The number of anilines is 1. The average Bonchev–Trinajstić information content (AvgIpc) is 2.59. The molecule has 4 nitrogen and oxygen atoms in total. The van der Waals surface area contributed by atoms with Crippen molar-refractivity contribution in [2.24, 2.45) is 5.92 Å². The Hall–Kier alpha value is -1.07. The molecular formula is C11H15NO3S. The standard InChI is InChI=1S/C11H15NO3S/c12-10-3-1-8(2-4-10)11(13)9-5-6-16(14,15)7-9/h1-4,9,11,13H,5-7,12H2. The molecule has 1 heterocycles. The van der Waals surface area contributed by atoms with Crippen LogP contribution in [0.25, 0.3) is 0 Å². The first kappa shape index (κ1) is 11.4. The van der Waals surface area contributed by atoms with Crippen LogP contribution in [0.4, 0.5) is 5.69 Å². The molecule has 1 aromatic rings. The van der Waals surface area contributed by atoms with Crippen molar-refractivity contribution in [3.05, 3.63) is 29.8 Å². The van der Waals surface area contributed by atoms with Gasteiger partial charge in [0, 0.05) is 11.6 Å². The van der Waals surface area contributed by atoms with Crippen molar-refractivity contribution in [2.45, 2.75) is 12.5 Å². The van der Waals surface area contributed by atoms with Crippen molar-refractivity contribution in [1.82, 2.24) is 0 Å². The maximum Gasteiger partial charge on any atom is 0.150 e. The van der Waals surface area contributed by atoms with Gasteiger partial charge in [0.05, 0.1) is 17.6 Å². The number of hydrogen-bond acceptors (Lipinski definition) is 4. The van der Waals surface area contributed by atoms with Gasteiger partial charge in [-0.05, 0) is 24.1 Å². The first-order chi connectivity index (χ1) is 7.48. The summed E-state index contributed by atoms with van der Waals surface area (Å²) in [7, 11) is -2.94. The third-order valence-corrected chi connectivity index (χ3v) is 4.79. The Morgan fingerprint density at radius 2 is 1.94 bits per heavy atom. The summed E-state index contributed by atoms with van der Waals surface area (Å²) in [6.07, 6.45) is -0.175. The summed E-state index contributed by atoms with van der Waals surface area (Å²) in [5.74, 6) is 0.0797. The summed E-state index contributed by atoms with van der Waals surface area (Å²) in [6, 6.07) is 6.90. The van der Waals surface area contributed by atoms with E-state index in [4.69, 9.17) is 5.73 Å². The zero-order valence-electron chi connectivity index (χ0n) is 8.83. The van der Waals surface area contributed by atoms with Crippen molar-refractivity contribution in [1.29, 1.82) is 0 Å². The van der Waals surface area contributed by atoms with Crippen LogP contribution in [0, 0.1) is 5.92 Å². The van der Waals surface area contributed by atoms with Crippen LogP contribution in [0.3, 0.4) is 0 Å². The van der Waals surface area contributed by atoms with Crippen LogP contribution in [-0.4, -0.2) is 25.0 Å². The predicted molar refractivity (Wildman–Crippen MR) is 62.6 cm³/mol. The number of sulfone groups is 1. The lowest BCUT2D eigenvalue weighted by Gasteiger charge is -2.16. The van der Waals surface area contributed by atoms with Gasteiger partial charge in [0.25, 0.3) is 0 Å². The van der Waals surface area contributed by atoms with Crippen molar-refractivity contribution < 1.29 is 13.5 Å². The van der Waals surface area contributed by atoms with Gasteiger partial charge in [-0.1, -0.05) is 12.1 Å². The summed E-state index contributed by atoms with van der Waals surface area (Å²) in [5.41, 5.74) is 6.91. The van der Waals surface area contributed by atoms with Crippen LogP contribution in [-0.2, 0) is 9.84 Å². The van der Waals surface area contributed by atoms with Crippen molar-refractivity contribution in [3.8, 4) is 0 Å². The molecule has 0 saturated carbocycles. The lowest BCUT2D eigenvalue weighted by molar-refractivity contribution is 0.121. The largest absolute Gasteiger partial charge is 0.399 e. The molecular weight excluding hydrogens is 226 g/mol. The van der Waals surface area contributed by atoms with Crippen LogP contribution >= 0.6 is 0 Å². The van der Waals surface area contributed by atoms with E-state index in [-0.39, 0.29) is 17.4 Å². The highest BCUT2D eigenvalue weighted by atomic mass is 32.2. The van der Waals surface area contributed by atoms with Gasteiger partial charge in [0.2, 0.25) is 0 Å². The molecule has 1 aliphatic heterocycles. The fourth-order valence-electron chi connectivity index (χ4n) is 2.04. The Kier molecular flexibility index (Phi) is 2.90. The van der Waals surface area contributed by atoms with Gasteiger partial charge in [0.15, 0.2) is 9.84 Å². The first-order valence-electron chi connectivity index (χ1n) is 5.22. The SMILES string of the molecule is Nc1ccc(C(O)C2CCS(=O)(=O)C2)cc1. The number of aliphatic hydroxyl groups is 1. The molecule has 16 heavy (non-hydrogen) atoms. The van der Waals surface area contributed by atoms with E-state index < -0.39 is 15.9 Å². The Labute approximate surface area is 95.0 Å². The molecule has 3 N–H and O–H groups in total. The number of nitrogen functional groups attached to an aromatic ring is 1. The maximum atomic E-state index is 11.3. The minimum absolute atomic E-state index is 0.0819. The second kappa shape index (κ2) is 4.07. The van der Waals surface area contributed by atoms with Crippen LogP contribution < -0.4 is 5.73 Å². The van der Waals surface area contributed by atoms with Crippen LogP contribution in [0.15, 0.2) is 24.3 Å². The lowest BCUT2D eigenvalue weighted by Crippen LogP contribution is -2.14. The van der Waals surface area contributed by atoms with E-state index in [1.165, 1.54) is 0 Å². The zero-order chi connectivity index (χ0) is 11.8. The predicted octanol–water partition coefficient (Wildman–Crippen LogP) is 0.737. The molecule has 0 spiro atoms. The summed E-state index contributed by atoms with van der Waals surface area (Å²) >= 11 is 0. The molecule has 0 amide bonds. The highest BCUT2D eigenvalue weighted by Gasteiger charge is 2.33. The maximum absolute atomic E-state index is 11.3. The Bertz CT molecular complexity index is 467. The molecule has 2 atom stereocenters. The molecule has 0 bridgehead atoms. The van der Waals surface area contributed by atoms with E-state index >= 15 is 0 Å². The van der Waals surface area contributed by atoms with Crippen LogP contribution in [0.5, 0.6) is 0 Å². The topological polar surface area (TPSA) is 80.4 Å². The van der Waals surface area contributed by atoms with E-state index in [1.807, 2.05) is 0 Å². The molecule has 88 valence electrons. The van der Waals surface area contributed by atoms with Crippen molar-refractivity contribution in [2.75, 3.05) is 17.2 Å². The zero-order valence-corrected chi connectivity index (χ0v) is 9.65. The molecule has 1 saturated heterocycles. The third-order valence-electron chi connectivity index (χ3n) is 2.99. The van der Waals surface area contributed by atoms with Gasteiger partial charge in [-0.3, -0.25) is 0 Å². The van der Waals surface area contributed by atoms with E-state index in [1.54, 1.807) is 24.3 Å². The van der Waals surface area contributed by atoms with E-state index in [0.717, 1.165) is 5.56 Å². The summed E-state index contributed by atoms with van der Waals surface area (Å²) in [5, 5.41) is 10.0. The molecule has 2 unspecified atom stereocenters. The third kappa shape index (κ3) is 2.36. The van der Waals surface area contributed by atoms with Gasteiger partial charge in [-0.2, -0.15) is 0 Å². The molecule has 1 aliphatic rings. The minimum Gasteiger partial charge on any atom is -0.399 e. The Balaban J connectivity index is 2.14. The molecule has 2 rings (SSSR count). The van der Waals surface area contributed by atoms with E-state index in [2.05, 4.69) is 0 Å². The molecule has 1 aromatic carbocycles. The highest BCUT2D eigenvalue weighted by Crippen LogP contribution is 2.31. The molecule has 0 aromatic heterocycles. The van der Waals surface area contributed by atoms with Crippen LogP contribution in [0.1, 0.15) is 18.1 Å². The highest BCUT2D eigenvalue weighted by molar-refractivity contribution is 7.91. The molecule has 5 heteroatoms. The van der Waals surface area contributed by atoms with Gasteiger partial charge in [-0.25, -0.2) is 8.42 Å². The molecule has 0 radical (unpaired) electrons. The van der Waals surface area contributed by atoms with Crippen molar-refractivity contribution >= 4 is 15.5 Å². The quantitative estimate of drug-likeness (QED) is 0.748. The number of nitrogens with two attached hydrogens (primary N) is 1. The summed E-state index contributed by atoms with van der Waals surface area (Å²) in [6.45, 7) is 0. The normalized spacial score (nSPS) is 25.4. The molecule has 0 aliphatic carbocycles. The van der Waals surface area contributed by atoms with Gasteiger partial charge in [-0.15, -0.1) is 0 Å². The fraction of sp³-hybridized carbons (Fsp3) is 0.455. The molecule has 1 fully saturated rings. The first-order valence-corrected chi connectivity index (χ1v) is 7.04. The second-order valence-corrected chi connectivity index (χ2v) is 6.50. The Morgan fingerprint density at radius 3 is 2.44 bits per heavy atom. The second-order valence-electron chi connectivity index (χ2n) is 4.27. The number of hydrogen-bond donors (Lipinski definition) is 2. The van der Waals surface area contributed by atoms with Gasteiger partial charge in [0.1, 0.15) is 0 Å². The van der Waals surface area contributed by atoms with Gasteiger partial charge < -0.3 is 10.8 Å². The van der Waals surface area contributed by atoms with Crippen molar-refractivity contribution in [3.63, 3.8) is 0 Å². The number of benzene rings is 1. The lowest BCUT2D eigenvalue weighted by atomic mass is 9.95. The fourth-order valence-corrected chi connectivity index (χ4v) is 3.87.